The average Bonchev–Trinajstić information content (AvgIpc) is 2.70. The lowest BCUT2D eigenvalue weighted by Gasteiger charge is -2.34. The Hall–Kier alpha value is -2.63. The minimum atomic E-state index is -0.271. The first-order valence-corrected chi connectivity index (χ1v) is 10.3. The summed E-state index contributed by atoms with van der Waals surface area (Å²) in [5.41, 5.74) is 3.87. The maximum Gasteiger partial charge on any atom is 0.336 e. The van der Waals surface area contributed by atoms with E-state index in [1.807, 2.05) is 32.0 Å². The summed E-state index contributed by atoms with van der Waals surface area (Å²) in [7, 11) is 0. The van der Waals surface area contributed by atoms with Crippen molar-refractivity contribution in [3.05, 3.63) is 75.6 Å². The van der Waals surface area contributed by atoms with Gasteiger partial charge >= 0.3 is 5.63 Å². The van der Waals surface area contributed by atoms with E-state index in [-0.39, 0.29) is 5.63 Å². The van der Waals surface area contributed by atoms with Crippen LogP contribution in [-0.2, 0) is 13.1 Å². The van der Waals surface area contributed by atoms with Gasteiger partial charge < -0.3 is 9.15 Å². The summed E-state index contributed by atoms with van der Waals surface area (Å²) in [6.07, 6.45) is 0. The Kier molecular flexibility index (Phi) is 5.97. The first-order chi connectivity index (χ1) is 14.1. The molecule has 4 rings (SSSR count). The second-order valence-corrected chi connectivity index (χ2v) is 7.72. The van der Waals surface area contributed by atoms with Crippen LogP contribution in [0, 0.1) is 6.92 Å². The molecule has 0 spiro atoms. The van der Waals surface area contributed by atoms with E-state index in [0.29, 0.717) is 12.2 Å². The average molecular weight is 392 g/mol. The molecule has 5 heteroatoms. The molecule has 0 atom stereocenters. The Balaban J connectivity index is 1.37. The Morgan fingerprint density at radius 3 is 2.31 bits per heavy atom. The van der Waals surface area contributed by atoms with Gasteiger partial charge in [0.2, 0.25) is 0 Å². The van der Waals surface area contributed by atoms with Crippen molar-refractivity contribution in [3.8, 4) is 5.75 Å². The molecule has 1 aliphatic heterocycles. The smallest absolute Gasteiger partial charge is 0.336 e. The van der Waals surface area contributed by atoms with Crippen LogP contribution in [0.5, 0.6) is 5.75 Å². The first kappa shape index (κ1) is 19.7. The molecule has 5 nitrogen and oxygen atoms in total. The third-order valence-corrected chi connectivity index (χ3v) is 5.49. The highest BCUT2D eigenvalue weighted by molar-refractivity contribution is 5.80. The Morgan fingerprint density at radius 2 is 1.62 bits per heavy atom. The molecule has 0 bridgehead atoms. The van der Waals surface area contributed by atoms with Crippen molar-refractivity contribution in [1.82, 2.24) is 9.80 Å². The van der Waals surface area contributed by atoms with E-state index >= 15 is 0 Å². The van der Waals surface area contributed by atoms with Crippen LogP contribution in [-0.4, -0.2) is 42.6 Å². The number of ether oxygens (including phenoxy) is 1. The van der Waals surface area contributed by atoms with Crippen molar-refractivity contribution in [2.45, 2.75) is 26.9 Å². The highest BCUT2D eigenvalue weighted by Gasteiger charge is 2.18. The molecule has 2 aromatic carbocycles. The Labute approximate surface area is 171 Å². The van der Waals surface area contributed by atoms with E-state index in [9.17, 15) is 4.79 Å². The zero-order chi connectivity index (χ0) is 20.2. The Bertz CT molecular complexity index is 1020. The molecule has 0 unspecified atom stereocenters. The molecule has 1 saturated heterocycles. The van der Waals surface area contributed by atoms with Gasteiger partial charge in [0.05, 0.1) is 6.61 Å². The van der Waals surface area contributed by atoms with Gasteiger partial charge in [-0.2, -0.15) is 0 Å². The molecular weight excluding hydrogens is 364 g/mol. The quantitative estimate of drug-likeness (QED) is 0.597. The van der Waals surface area contributed by atoms with Crippen molar-refractivity contribution >= 4 is 11.0 Å². The molecule has 0 saturated carbocycles. The highest BCUT2D eigenvalue weighted by Crippen LogP contribution is 2.21. The molecule has 0 radical (unpaired) electrons. The molecule has 1 aliphatic rings. The van der Waals surface area contributed by atoms with Crippen LogP contribution in [0.2, 0.25) is 0 Å². The largest absolute Gasteiger partial charge is 0.494 e. The summed E-state index contributed by atoms with van der Waals surface area (Å²) in [6, 6.07) is 16.1. The summed E-state index contributed by atoms with van der Waals surface area (Å²) in [4.78, 5) is 16.9. The summed E-state index contributed by atoms with van der Waals surface area (Å²) >= 11 is 0. The number of nitrogens with zero attached hydrogens (tertiary/aromatic N) is 2. The van der Waals surface area contributed by atoms with Crippen LogP contribution in [0.3, 0.4) is 0 Å². The number of hydrogen-bond donors (Lipinski definition) is 0. The fourth-order valence-electron chi connectivity index (χ4n) is 3.93. The fourth-order valence-corrected chi connectivity index (χ4v) is 3.93. The van der Waals surface area contributed by atoms with Crippen molar-refractivity contribution in [2.75, 3.05) is 32.8 Å². The number of fused-ring (bicyclic) bond motifs is 1. The number of rotatable bonds is 6. The SMILES string of the molecule is CCOc1ccc(CN2CCN(Cc3cc(=O)oc4cc(C)ccc34)CC2)cc1. The van der Waals surface area contributed by atoms with Crippen molar-refractivity contribution in [3.63, 3.8) is 0 Å². The van der Waals surface area contributed by atoms with Gasteiger partial charge in [0.15, 0.2) is 0 Å². The van der Waals surface area contributed by atoms with Crippen molar-refractivity contribution < 1.29 is 9.15 Å². The van der Waals surface area contributed by atoms with E-state index in [1.54, 1.807) is 6.07 Å². The molecule has 0 N–H and O–H groups in total. The summed E-state index contributed by atoms with van der Waals surface area (Å²) in [5, 5.41) is 1.03. The minimum absolute atomic E-state index is 0.271. The monoisotopic (exact) mass is 392 g/mol. The van der Waals surface area contributed by atoms with Gasteiger partial charge in [-0.25, -0.2) is 4.79 Å². The molecule has 29 heavy (non-hydrogen) atoms. The molecule has 0 aliphatic carbocycles. The van der Waals surface area contributed by atoms with Gasteiger partial charge in [-0.1, -0.05) is 24.3 Å². The maximum absolute atomic E-state index is 12.0. The number of hydrogen-bond acceptors (Lipinski definition) is 5. The number of piperazine rings is 1. The first-order valence-electron chi connectivity index (χ1n) is 10.3. The summed E-state index contributed by atoms with van der Waals surface area (Å²) in [6.45, 7) is 10.5. The standard InChI is InChI=1S/C24H28N2O3/c1-3-28-21-7-5-19(6-8-21)16-25-10-12-26(13-11-25)17-20-15-24(27)29-23-14-18(2)4-9-22(20)23/h4-9,14-15H,3,10-13,16-17H2,1-2H3. The van der Waals surface area contributed by atoms with Gasteiger partial charge in [-0.15, -0.1) is 0 Å². The van der Waals surface area contributed by atoms with E-state index in [0.717, 1.165) is 61.5 Å². The molecular formula is C24H28N2O3. The third-order valence-electron chi connectivity index (χ3n) is 5.49. The van der Waals surface area contributed by atoms with Gasteiger partial charge in [0, 0.05) is 50.7 Å². The van der Waals surface area contributed by atoms with Crippen molar-refractivity contribution in [2.24, 2.45) is 0 Å². The van der Waals surface area contributed by atoms with Crippen LogP contribution in [0.4, 0.5) is 0 Å². The third kappa shape index (κ3) is 4.86. The predicted octanol–water partition coefficient (Wildman–Crippen LogP) is 3.82. The van der Waals surface area contributed by atoms with E-state index < -0.39 is 0 Å². The van der Waals surface area contributed by atoms with E-state index in [4.69, 9.17) is 9.15 Å². The van der Waals surface area contributed by atoms with E-state index in [2.05, 4.69) is 34.1 Å². The zero-order valence-corrected chi connectivity index (χ0v) is 17.2. The lowest BCUT2D eigenvalue weighted by Crippen LogP contribution is -2.45. The lowest BCUT2D eigenvalue weighted by molar-refractivity contribution is 0.122. The topological polar surface area (TPSA) is 45.9 Å². The number of aryl methyl sites for hydroxylation is 1. The Morgan fingerprint density at radius 1 is 0.931 bits per heavy atom. The molecule has 0 amide bonds. The van der Waals surface area contributed by atoms with Crippen LogP contribution in [0.15, 0.2) is 57.7 Å². The van der Waals surface area contributed by atoms with Crippen LogP contribution < -0.4 is 10.4 Å². The normalized spacial score (nSPS) is 15.7. The molecule has 1 fully saturated rings. The number of benzene rings is 2. The maximum atomic E-state index is 12.0. The summed E-state index contributed by atoms with van der Waals surface area (Å²) in [5.74, 6) is 0.927. The van der Waals surface area contributed by atoms with Crippen LogP contribution in [0.1, 0.15) is 23.6 Å². The minimum Gasteiger partial charge on any atom is -0.494 e. The molecule has 3 aromatic rings. The molecule has 2 heterocycles. The van der Waals surface area contributed by atoms with Gasteiger partial charge in [-0.3, -0.25) is 9.80 Å². The van der Waals surface area contributed by atoms with Crippen LogP contribution in [0.25, 0.3) is 11.0 Å². The van der Waals surface area contributed by atoms with Crippen LogP contribution >= 0.6 is 0 Å². The lowest BCUT2D eigenvalue weighted by atomic mass is 10.1. The second kappa shape index (κ2) is 8.80. The van der Waals surface area contributed by atoms with Gasteiger partial charge in [0.1, 0.15) is 11.3 Å². The summed E-state index contributed by atoms with van der Waals surface area (Å²) < 4.78 is 10.9. The van der Waals surface area contributed by atoms with E-state index in [1.165, 1.54) is 5.56 Å². The van der Waals surface area contributed by atoms with Gasteiger partial charge in [0.25, 0.3) is 0 Å². The second-order valence-electron chi connectivity index (χ2n) is 7.72. The zero-order valence-electron chi connectivity index (χ0n) is 17.2. The fraction of sp³-hybridized carbons (Fsp3) is 0.375. The highest BCUT2D eigenvalue weighted by atomic mass is 16.5. The molecule has 152 valence electrons. The molecule has 1 aromatic heterocycles. The predicted molar refractivity (Wildman–Crippen MR) is 115 cm³/mol. The van der Waals surface area contributed by atoms with Gasteiger partial charge in [-0.05, 0) is 48.7 Å². The van der Waals surface area contributed by atoms with Crippen molar-refractivity contribution in [1.29, 1.82) is 0 Å².